The van der Waals surface area contributed by atoms with Crippen molar-refractivity contribution < 1.29 is 9.53 Å². The molecule has 70 valence electrons. The van der Waals surface area contributed by atoms with Crippen molar-refractivity contribution in [3.8, 4) is 0 Å². The van der Waals surface area contributed by atoms with Crippen LogP contribution >= 0.6 is 0 Å². The van der Waals surface area contributed by atoms with E-state index in [1.807, 2.05) is 12.1 Å². The van der Waals surface area contributed by atoms with Crippen LogP contribution in [0, 0.1) is 0 Å². The van der Waals surface area contributed by atoms with E-state index in [1.165, 1.54) is 0 Å². The van der Waals surface area contributed by atoms with Crippen molar-refractivity contribution in [3.05, 3.63) is 12.7 Å². The molecule has 0 aromatic carbocycles. The lowest BCUT2D eigenvalue weighted by atomic mass is 10.5. The molecule has 0 saturated carbocycles. The van der Waals surface area contributed by atoms with Gasteiger partial charge in [0.15, 0.2) is 6.73 Å². The molecule has 0 heterocycles. The molecule has 0 fully saturated rings. The molecule has 0 aliphatic heterocycles. The van der Waals surface area contributed by atoms with E-state index in [2.05, 4.69) is 18.9 Å². The fourth-order valence-electron chi connectivity index (χ4n) is 0.687. The van der Waals surface area contributed by atoms with E-state index in [0.717, 1.165) is 19.0 Å². The number of nitrogens with one attached hydrogen (secondary N) is 1. The molecule has 0 saturated heterocycles. The lowest BCUT2D eigenvalue weighted by molar-refractivity contribution is -0.139. The Kier molecular flexibility index (Phi) is 6.32. The minimum absolute atomic E-state index is 0.196. The van der Waals surface area contributed by atoms with Crippen LogP contribution in [0.15, 0.2) is 12.7 Å². The zero-order valence-electron chi connectivity index (χ0n) is 7.67. The normalized spacial score (nSPS) is 9.92. The predicted molar refractivity (Wildman–Crippen MR) is 47.2 cm³/mol. The van der Waals surface area contributed by atoms with E-state index >= 15 is 0 Å². The minimum Gasteiger partial charge on any atom is -0.445 e. The highest BCUT2D eigenvalue weighted by Gasteiger charge is 1.96. The summed E-state index contributed by atoms with van der Waals surface area (Å²) in [5.41, 5.74) is 2.89. The molecule has 0 aromatic rings. The third kappa shape index (κ3) is 5.88. The molecule has 1 N–H and O–H groups in total. The third-order valence-corrected chi connectivity index (χ3v) is 1.27. The van der Waals surface area contributed by atoms with Crippen LogP contribution in [0.4, 0.5) is 0 Å². The van der Waals surface area contributed by atoms with Gasteiger partial charge in [-0.05, 0) is 6.42 Å². The Morgan fingerprint density at radius 3 is 2.92 bits per heavy atom. The fraction of sp³-hybridized carbons (Fsp3) is 0.625. The molecule has 4 nitrogen and oxygen atoms in total. The average molecular weight is 172 g/mol. The van der Waals surface area contributed by atoms with Gasteiger partial charge in [-0.2, -0.15) is 0 Å². The Labute approximate surface area is 73.2 Å². The maximum absolute atomic E-state index is 10.6. The van der Waals surface area contributed by atoms with Crippen molar-refractivity contribution in [3.63, 3.8) is 0 Å². The highest BCUT2D eigenvalue weighted by atomic mass is 16.5. The van der Waals surface area contributed by atoms with Crippen LogP contribution in [-0.2, 0) is 9.53 Å². The topological polar surface area (TPSA) is 41.6 Å². The smallest absolute Gasteiger partial charge is 0.331 e. The highest BCUT2D eigenvalue weighted by molar-refractivity contribution is 5.81. The number of hydrogen-bond donors (Lipinski definition) is 1. The van der Waals surface area contributed by atoms with Gasteiger partial charge < -0.3 is 4.74 Å². The van der Waals surface area contributed by atoms with Crippen LogP contribution in [0.1, 0.15) is 13.3 Å². The Bertz CT molecular complexity index is 148. The second kappa shape index (κ2) is 6.82. The summed E-state index contributed by atoms with van der Waals surface area (Å²) in [5.74, 6) is -0.410. The Morgan fingerprint density at radius 2 is 2.42 bits per heavy atom. The number of carbonyl (C=O) groups is 1. The number of ether oxygens (including phenoxy) is 1. The van der Waals surface area contributed by atoms with Gasteiger partial charge in [0, 0.05) is 19.7 Å². The Balaban J connectivity index is 3.30. The number of rotatable bonds is 6. The zero-order chi connectivity index (χ0) is 9.40. The number of esters is 1. The lowest BCUT2D eigenvalue weighted by Crippen LogP contribution is -2.37. The van der Waals surface area contributed by atoms with Gasteiger partial charge in [0.1, 0.15) is 0 Å². The molecule has 0 amide bonds. The summed E-state index contributed by atoms with van der Waals surface area (Å²) in [6, 6.07) is 0. The number of hydrazine groups is 1. The first kappa shape index (κ1) is 11.1. The second-order valence-corrected chi connectivity index (χ2v) is 2.39. The molecule has 0 spiro atoms. The van der Waals surface area contributed by atoms with Crippen LogP contribution in [0.5, 0.6) is 0 Å². The van der Waals surface area contributed by atoms with Crippen molar-refractivity contribution in [1.29, 1.82) is 0 Å². The summed E-state index contributed by atoms with van der Waals surface area (Å²) in [6.07, 6.45) is 2.19. The predicted octanol–water partition coefficient (Wildman–Crippen LogP) is 0.519. The molecular formula is C8H16N2O2. The Morgan fingerprint density at radius 1 is 1.75 bits per heavy atom. The molecule has 12 heavy (non-hydrogen) atoms. The van der Waals surface area contributed by atoms with Crippen LogP contribution in [0.2, 0.25) is 0 Å². The van der Waals surface area contributed by atoms with Crippen LogP contribution in [0.3, 0.4) is 0 Å². The van der Waals surface area contributed by atoms with Gasteiger partial charge in [-0.1, -0.05) is 13.5 Å². The molecule has 0 bridgehead atoms. The van der Waals surface area contributed by atoms with E-state index in [0.29, 0.717) is 0 Å². The van der Waals surface area contributed by atoms with Crippen molar-refractivity contribution in [2.75, 3.05) is 20.3 Å². The first-order chi connectivity index (χ1) is 5.70. The van der Waals surface area contributed by atoms with Crippen molar-refractivity contribution in [2.45, 2.75) is 13.3 Å². The minimum atomic E-state index is -0.410. The molecule has 0 aliphatic rings. The second-order valence-electron chi connectivity index (χ2n) is 2.39. The maximum atomic E-state index is 10.6. The number of nitrogens with zero attached hydrogens (tertiary/aromatic N) is 1. The molecule has 0 unspecified atom stereocenters. The van der Waals surface area contributed by atoms with Gasteiger partial charge in [-0.3, -0.25) is 0 Å². The van der Waals surface area contributed by atoms with E-state index in [4.69, 9.17) is 4.74 Å². The Hall–Kier alpha value is -0.870. The van der Waals surface area contributed by atoms with Gasteiger partial charge in [-0.25, -0.2) is 15.2 Å². The summed E-state index contributed by atoms with van der Waals surface area (Å²) in [6.45, 7) is 6.47. The molecule has 0 aromatic heterocycles. The van der Waals surface area contributed by atoms with Gasteiger partial charge in [0.25, 0.3) is 0 Å². The van der Waals surface area contributed by atoms with E-state index in [-0.39, 0.29) is 6.73 Å². The van der Waals surface area contributed by atoms with E-state index in [9.17, 15) is 4.79 Å². The summed E-state index contributed by atoms with van der Waals surface area (Å²) in [5, 5.41) is 1.87. The molecular weight excluding hydrogens is 156 g/mol. The average Bonchev–Trinajstić information content (AvgIpc) is 2.04. The van der Waals surface area contributed by atoms with Crippen molar-refractivity contribution in [2.24, 2.45) is 0 Å². The molecule has 0 radical (unpaired) electrons. The third-order valence-electron chi connectivity index (χ3n) is 1.27. The monoisotopic (exact) mass is 172 g/mol. The summed E-state index contributed by atoms with van der Waals surface area (Å²) in [4.78, 5) is 10.6. The molecule has 0 atom stereocenters. The van der Waals surface area contributed by atoms with Gasteiger partial charge in [0.2, 0.25) is 0 Å². The van der Waals surface area contributed by atoms with Crippen LogP contribution < -0.4 is 5.43 Å². The summed E-state index contributed by atoms with van der Waals surface area (Å²) >= 11 is 0. The van der Waals surface area contributed by atoms with E-state index in [1.54, 1.807) is 0 Å². The zero-order valence-corrected chi connectivity index (χ0v) is 7.67. The molecule has 4 heteroatoms. The quantitative estimate of drug-likeness (QED) is 0.274. The first-order valence-corrected chi connectivity index (χ1v) is 3.94. The fourth-order valence-corrected chi connectivity index (χ4v) is 0.687. The van der Waals surface area contributed by atoms with Crippen LogP contribution in [-0.4, -0.2) is 31.3 Å². The van der Waals surface area contributed by atoms with Gasteiger partial charge in [0.05, 0.1) is 0 Å². The largest absolute Gasteiger partial charge is 0.445 e. The molecule has 0 aliphatic carbocycles. The lowest BCUT2D eigenvalue weighted by Gasteiger charge is -2.16. The maximum Gasteiger partial charge on any atom is 0.331 e. The summed E-state index contributed by atoms with van der Waals surface area (Å²) < 4.78 is 4.70. The van der Waals surface area contributed by atoms with E-state index < -0.39 is 5.97 Å². The number of hydrogen-bond acceptors (Lipinski definition) is 4. The molecule has 0 rings (SSSR count). The first-order valence-electron chi connectivity index (χ1n) is 3.94. The SMILES string of the molecule is C=CC(=O)OCNN(C)CCC. The van der Waals surface area contributed by atoms with Crippen molar-refractivity contribution >= 4 is 5.97 Å². The standard InChI is InChI=1S/C8H16N2O2/c1-4-6-10(3)9-7-12-8(11)5-2/h5,9H,2,4,6-7H2,1,3H3. The van der Waals surface area contributed by atoms with Crippen molar-refractivity contribution in [1.82, 2.24) is 10.4 Å². The summed E-state index contributed by atoms with van der Waals surface area (Å²) in [7, 11) is 1.89. The number of carbonyl (C=O) groups excluding carboxylic acids is 1. The van der Waals surface area contributed by atoms with Gasteiger partial charge in [-0.15, -0.1) is 0 Å². The van der Waals surface area contributed by atoms with Gasteiger partial charge >= 0.3 is 5.97 Å². The highest BCUT2D eigenvalue weighted by Crippen LogP contribution is 1.81. The van der Waals surface area contributed by atoms with Crippen LogP contribution in [0.25, 0.3) is 0 Å².